The molecule has 1 amide bonds. The number of piperidine rings is 1. The van der Waals surface area contributed by atoms with Gasteiger partial charge in [-0.2, -0.15) is 0 Å². The van der Waals surface area contributed by atoms with Crippen LogP contribution in [0.25, 0.3) is 0 Å². The SMILES string of the molecule is Cc1cc(C2CCN(C3CCN(C(=O)CCS(C)(=O)=O)C3)CC2)cc([I-][N+](=O)O)c1O. The minimum absolute atomic E-state index is 0.0490. The van der Waals surface area contributed by atoms with E-state index in [-0.39, 0.29) is 27.0 Å². The Hall–Kier alpha value is -1.47. The number of hydrogen-bond acceptors (Lipinski definition) is 6. The van der Waals surface area contributed by atoms with Crippen LogP contribution in [0.1, 0.15) is 42.7 Å². The molecule has 2 aliphatic heterocycles. The molecule has 31 heavy (non-hydrogen) atoms. The van der Waals surface area contributed by atoms with Crippen molar-refractivity contribution in [2.75, 3.05) is 38.2 Å². The van der Waals surface area contributed by atoms with Crippen LogP contribution in [0.15, 0.2) is 12.1 Å². The van der Waals surface area contributed by atoms with Crippen LogP contribution < -0.4 is 21.5 Å². The number of hydrogen-bond donors (Lipinski definition) is 2. The fraction of sp³-hybridized carbons (Fsp3) is 0.650. The van der Waals surface area contributed by atoms with E-state index >= 15 is 0 Å². The zero-order chi connectivity index (χ0) is 22.8. The third kappa shape index (κ3) is 6.51. The maximum absolute atomic E-state index is 12.3. The van der Waals surface area contributed by atoms with Crippen LogP contribution in [0.4, 0.5) is 0 Å². The molecule has 0 radical (unpaired) electrons. The molecule has 174 valence electrons. The van der Waals surface area contributed by atoms with Crippen molar-refractivity contribution in [1.82, 2.24) is 9.80 Å². The molecule has 1 aromatic carbocycles. The molecule has 0 saturated carbocycles. The molecule has 1 aromatic rings. The van der Waals surface area contributed by atoms with Crippen molar-refractivity contribution in [3.8, 4) is 5.75 Å². The number of amides is 1. The predicted molar refractivity (Wildman–Crippen MR) is 110 cm³/mol. The van der Waals surface area contributed by atoms with E-state index in [2.05, 4.69) is 4.90 Å². The molecule has 1 unspecified atom stereocenters. The number of sulfone groups is 1. The summed E-state index contributed by atoms with van der Waals surface area (Å²) in [4.78, 5) is 27.6. The Morgan fingerprint density at radius 3 is 2.52 bits per heavy atom. The van der Waals surface area contributed by atoms with Crippen molar-refractivity contribution in [2.24, 2.45) is 0 Å². The molecule has 9 nitrogen and oxygen atoms in total. The zero-order valence-electron chi connectivity index (χ0n) is 17.8. The Balaban J connectivity index is 1.55. The molecular formula is C20H30IN3O6S. The number of halogens is 1. The van der Waals surface area contributed by atoms with Crippen molar-refractivity contribution in [1.29, 1.82) is 0 Å². The number of phenols is 1. The molecule has 2 heterocycles. The third-order valence-corrected chi connectivity index (χ3v) is 8.86. The fourth-order valence-electron chi connectivity index (χ4n) is 4.44. The van der Waals surface area contributed by atoms with Crippen LogP contribution in [0.5, 0.6) is 5.75 Å². The van der Waals surface area contributed by atoms with Crippen molar-refractivity contribution in [3.05, 3.63) is 31.7 Å². The van der Waals surface area contributed by atoms with Gasteiger partial charge in [-0.05, 0) is 0 Å². The summed E-state index contributed by atoms with van der Waals surface area (Å²) in [6.07, 6.45) is 3.99. The van der Waals surface area contributed by atoms with Gasteiger partial charge in [-0.15, -0.1) is 0 Å². The topological polar surface area (TPSA) is 118 Å². The summed E-state index contributed by atoms with van der Waals surface area (Å²) in [6, 6.07) is 4.12. The van der Waals surface area contributed by atoms with E-state index in [1.165, 1.54) is 0 Å². The Bertz CT molecular complexity index is 946. The van der Waals surface area contributed by atoms with Gasteiger partial charge in [-0.3, -0.25) is 0 Å². The predicted octanol–water partition coefficient (Wildman–Crippen LogP) is -1.74. The van der Waals surface area contributed by atoms with E-state index in [1.807, 2.05) is 19.1 Å². The quantitative estimate of drug-likeness (QED) is 0.228. The molecule has 3 rings (SSSR count). The van der Waals surface area contributed by atoms with Crippen LogP contribution in [-0.4, -0.2) is 81.8 Å². The summed E-state index contributed by atoms with van der Waals surface area (Å²) < 4.78 is 23.1. The van der Waals surface area contributed by atoms with Gasteiger partial charge in [-0.1, -0.05) is 0 Å². The Morgan fingerprint density at radius 2 is 1.90 bits per heavy atom. The van der Waals surface area contributed by atoms with E-state index in [9.17, 15) is 23.2 Å². The second-order valence-electron chi connectivity index (χ2n) is 8.45. The molecule has 0 aliphatic carbocycles. The number of aryl methyl sites for hydroxylation is 1. The average Bonchev–Trinajstić information content (AvgIpc) is 3.19. The first-order valence-electron chi connectivity index (χ1n) is 10.4. The minimum atomic E-state index is -3.14. The number of phenolic OH excluding ortho intramolecular Hbond substituents is 1. The first kappa shape index (κ1) is 24.2. The molecule has 2 aliphatic rings. The van der Waals surface area contributed by atoms with E-state index in [4.69, 9.17) is 5.21 Å². The van der Waals surface area contributed by atoms with Gasteiger partial charge >= 0.3 is 164 Å². The monoisotopic (exact) mass is 567 g/mol. The summed E-state index contributed by atoms with van der Waals surface area (Å²) in [5, 5.41) is 19.2. The van der Waals surface area contributed by atoms with Crippen LogP contribution in [0.2, 0.25) is 0 Å². The fourth-order valence-corrected chi connectivity index (χ4v) is 6.58. The zero-order valence-corrected chi connectivity index (χ0v) is 20.8. The summed E-state index contributed by atoms with van der Waals surface area (Å²) in [5.41, 5.74) is 1.81. The molecule has 1 atom stereocenters. The Kier molecular flexibility index (Phi) is 7.79. The maximum atomic E-state index is 12.3. The van der Waals surface area contributed by atoms with Crippen molar-refractivity contribution in [2.45, 2.75) is 44.6 Å². The van der Waals surface area contributed by atoms with Gasteiger partial charge in [0.2, 0.25) is 0 Å². The molecule has 2 N–H and O–H groups in total. The number of aromatic hydroxyl groups is 1. The van der Waals surface area contributed by atoms with Gasteiger partial charge in [-0.25, -0.2) is 8.42 Å². The second kappa shape index (κ2) is 9.99. The molecule has 0 bridgehead atoms. The van der Waals surface area contributed by atoms with E-state index < -0.39 is 31.3 Å². The number of benzene rings is 1. The van der Waals surface area contributed by atoms with Gasteiger partial charge in [0.1, 0.15) is 9.84 Å². The molecule has 0 spiro atoms. The first-order chi connectivity index (χ1) is 14.5. The van der Waals surface area contributed by atoms with Crippen molar-refractivity contribution < 1.29 is 48.1 Å². The molecule has 2 fully saturated rings. The van der Waals surface area contributed by atoms with Crippen LogP contribution >= 0.6 is 0 Å². The number of carbonyl (C=O) groups excluding carboxylic acids is 1. The Labute approximate surface area is 193 Å². The van der Waals surface area contributed by atoms with Crippen LogP contribution in [0.3, 0.4) is 0 Å². The van der Waals surface area contributed by atoms with Gasteiger partial charge in [0.05, 0.1) is 5.75 Å². The number of nitrogens with zero attached hydrogens (tertiary/aromatic N) is 3. The summed E-state index contributed by atoms with van der Waals surface area (Å²) >= 11 is -1.35. The van der Waals surface area contributed by atoms with Crippen LogP contribution in [-0.2, 0) is 14.6 Å². The van der Waals surface area contributed by atoms with Gasteiger partial charge in [0.25, 0.3) is 0 Å². The summed E-state index contributed by atoms with van der Waals surface area (Å²) in [5.74, 6) is 0.228. The standard InChI is InChI=1S/C20H30IN3O6S/c1-14-11-16(12-18(20(14)26)21-24(27)28)15-3-7-22(8-4-15)17-5-9-23(13-17)19(25)6-10-31(2,29)30/h11-12,15,17,26H,3-10,13H2,1-2H3,(H,27,28). The van der Waals surface area contributed by atoms with Crippen LogP contribution in [0, 0.1) is 15.4 Å². The normalized spacial score (nSPS) is 21.0. The number of carbonyl (C=O) groups is 1. The number of rotatable bonds is 7. The average molecular weight is 567 g/mol. The number of likely N-dealkylation sites (tertiary alicyclic amines) is 2. The van der Waals surface area contributed by atoms with Crippen molar-refractivity contribution >= 4 is 15.7 Å². The molecule has 2 saturated heterocycles. The third-order valence-electron chi connectivity index (χ3n) is 6.16. The summed E-state index contributed by atoms with van der Waals surface area (Å²) in [6.45, 7) is 4.93. The van der Waals surface area contributed by atoms with E-state index in [0.717, 1.165) is 49.7 Å². The van der Waals surface area contributed by atoms with Gasteiger partial charge < -0.3 is 0 Å². The molecule has 0 aromatic heterocycles. The van der Waals surface area contributed by atoms with E-state index in [1.54, 1.807) is 4.90 Å². The molecular weight excluding hydrogens is 537 g/mol. The molecule has 11 heteroatoms. The Morgan fingerprint density at radius 1 is 1.23 bits per heavy atom. The first-order valence-corrected chi connectivity index (χ1v) is 14.5. The van der Waals surface area contributed by atoms with Gasteiger partial charge in [0, 0.05) is 6.26 Å². The second-order valence-corrected chi connectivity index (χ2v) is 13.2. The van der Waals surface area contributed by atoms with E-state index in [0.29, 0.717) is 28.6 Å². The van der Waals surface area contributed by atoms with Gasteiger partial charge in [0.15, 0.2) is 0 Å². The summed E-state index contributed by atoms with van der Waals surface area (Å²) in [7, 11) is -3.14. The van der Waals surface area contributed by atoms with Crippen molar-refractivity contribution in [3.63, 3.8) is 0 Å².